The van der Waals surface area contributed by atoms with E-state index in [9.17, 15) is 0 Å². The predicted molar refractivity (Wildman–Crippen MR) is 72.1 cm³/mol. The molecule has 106 valence electrons. The highest BCUT2D eigenvalue weighted by atomic mass is 16.5. The Kier molecular flexibility index (Phi) is 4.73. The van der Waals surface area contributed by atoms with Crippen molar-refractivity contribution in [1.29, 1.82) is 0 Å². The van der Waals surface area contributed by atoms with E-state index >= 15 is 0 Å². The van der Waals surface area contributed by atoms with Crippen LogP contribution in [0.15, 0.2) is 0 Å². The smallest absolute Gasteiger partial charge is 0.323 e. The summed E-state index contributed by atoms with van der Waals surface area (Å²) >= 11 is 0. The molecule has 0 radical (unpaired) electrons. The van der Waals surface area contributed by atoms with E-state index < -0.39 is 0 Å². The molecule has 1 aliphatic rings. The van der Waals surface area contributed by atoms with Crippen LogP contribution in [0.25, 0.3) is 0 Å². The van der Waals surface area contributed by atoms with Crippen LogP contribution in [0, 0.1) is 0 Å². The third-order valence-corrected chi connectivity index (χ3v) is 2.95. The molecular weight excluding hydrogens is 246 g/mol. The van der Waals surface area contributed by atoms with Crippen molar-refractivity contribution in [3.05, 3.63) is 0 Å². The van der Waals surface area contributed by atoms with Gasteiger partial charge in [-0.2, -0.15) is 15.0 Å². The normalized spacial score (nSPS) is 20.2. The van der Waals surface area contributed by atoms with Gasteiger partial charge >= 0.3 is 6.01 Å². The number of hydrogen-bond donors (Lipinski definition) is 2. The lowest BCUT2D eigenvalue weighted by Crippen LogP contribution is -2.31. The monoisotopic (exact) mass is 267 g/mol. The number of ether oxygens (including phenoxy) is 2. The summed E-state index contributed by atoms with van der Waals surface area (Å²) in [5.74, 6) is 0.588. The van der Waals surface area contributed by atoms with Crippen LogP contribution in [-0.4, -0.2) is 40.3 Å². The van der Waals surface area contributed by atoms with Gasteiger partial charge in [-0.3, -0.25) is 0 Å². The van der Waals surface area contributed by atoms with E-state index in [1.165, 1.54) is 0 Å². The van der Waals surface area contributed by atoms with Crippen LogP contribution in [0.5, 0.6) is 6.01 Å². The molecule has 0 spiro atoms. The molecule has 0 amide bonds. The van der Waals surface area contributed by atoms with Gasteiger partial charge in [-0.05, 0) is 26.2 Å². The van der Waals surface area contributed by atoms with Crippen molar-refractivity contribution in [3.8, 4) is 6.01 Å². The van der Waals surface area contributed by atoms with Gasteiger partial charge < -0.3 is 20.5 Å². The predicted octanol–water partition coefficient (Wildman–Crippen LogP) is 1.22. The summed E-state index contributed by atoms with van der Waals surface area (Å²) in [4.78, 5) is 12.2. The highest BCUT2D eigenvalue weighted by Crippen LogP contribution is 2.18. The molecule has 2 atom stereocenters. The van der Waals surface area contributed by atoms with Gasteiger partial charge in [0.25, 0.3) is 0 Å². The van der Waals surface area contributed by atoms with E-state index in [-0.39, 0.29) is 24.1 Å². The lowest BCUT2D eigenvalue weighted by molar-refractivity contribution is 0.0994. The first kappa shape index (κ1) is 13.8. The fourth-order valence-corrected chi connectivity index (χ4v) is 1.99. The molecule has 1 fully saturated rings. The standard InChI is InChI=1S/C12H21N5O2/c1-3-6-19-12-16-10(13)15-11(17-12)14-8(2)9-5-4-7-18-9/h8-9H,3-7H2,1-2H3,(H3,13,14,15,16,17). The second-order valence-corrected chi connectivity index (χ2v) is 4.63. The van der Waals surface area contributed by atoms with Gasteiger partial charge in [-0.1, -0.05) is 6.92 Å². The van der Waals surface area contributed by atoms with E-state index in [1.54, 1.807) is 0 Å². The van der Waals surface area contributed by atoms with Crippen LogP contribution in [-0.2, 0) is 4.74 Å². The molecule has 1 aromatic heterocycles. The first-order chi connectivity index (χ1) is 9.19. The van der Waals surface area contributed by atoms with Gasteiger partial charge in [0.1, 0.15) is 0 Å². The molecule has 3 N–H and O–H groups in total. The Labute approximate surface area is 112 Å². The first-order valence-electron chi connectivity index (χ1n) is 6.71. The van der Waals surface area contributed by atoms with Crippen LogP contribution in [0.3, 0.4) is 0 Å². The minimum atomic E-state index is 0.128. The van der Waals surface area contributed by atoms with Crippen LogP contribution in [0.1, 0.15) is 33.1 Å². The fraction of sp³-hybridized carbons (Fsp3) is 0.750. The van der Waals surface area contributed by atoms with Crippen LogP contribution in [0.4, 0.5) is 11.9 Å². The Hall–Kier alpha value is -1.63. The van der Waals surface area contributed by atoms with Gasteiger partial charge in [0.2, 0.25) is 11.9 Å². The number of nitrogens with one attached hydrogen (secondary N) is 1. The van der Waals surface area contributed by atoms with Gasteiger partial charge in [0.05, 0.1) is 18.8 Å². The molecule has 19 heavy (non-hydrogen) atoms. The summed E-state index contributed by atoms with van der Waals surface area (Å²) in [6.07, 6.45) is 3.23. The summed E-state index contributed by atoms with van der Waals surface area (Å²) < 4.78 is 11.0. The summed E-state index contributed by atoms with van der Waals surface area (Å²) in [6.45, 7) is 5.44. The van der Waals surface area contributed by atoms with Crippen molar-refractivity contribution >= 4 is 11.9 Å². The fourth-order valence-electron chi connectivity index (χ4n) is 1.99. The van der Waals surface area contributed by atoms with E-state index in [0.29, 0.717) is 12.6 Å². The van der Waals surface area contributed by atoms with Crippen molar-refractivity contribution < 1.29 is 9.47 Å². The molecule has 0 saturated carbocycles. The van der Waals surface area contributed by atoms with Crippen molar-refractivity contribution in [3.63, 3.8) is 0 Å². The molecule has 2 unspecified atom stereocenters. The van der Waals surface area contributed by atoms with E-state index in [0.717, 1.165) is 25.9 Å². The number of nitrogen functional groups attached to an aromatic ring is 1. The number of nitrogens with two attached hydrogens (primary N) is 1. The lowest BCUT2D eigenvalue weighted by Gasteiger charge is -2.20. The largest absolute Gasteiger partial charge is 0.463 e. The highest BCUT2D eigenvalue weighted by molar-refractivity contribution is 5.33. The molecule has 7 heteroatoms. The Morgan fingerprint density at radius 1 is 1.47 bits per heavy atom. The quantitative estimate of drug-likeness (QED) is 0.800. The summed E-state index contributed by atoms with van der Waals surface area (Å²) in [6, 6.07) is 0.389. The lowest BCUT2D eigenvalue weighted by atomic mass is 10.1. The van der Waals surface area contributed by atoms with E-state index in [1.807, 2.05) is 13.8 Å². The Morgan fingerprint density at radius 2 is 2.32 bits per heavy atom. The zero-order valence-corrected chi connectivity index (χ0v) is 11.4. The van der Waals surface area contributed by atoms with Crippen LogP contribution < -0.4 is 15.8 Å². The Balaban J connectivity index is 2.00. The number of nitrogens with zero attached hydrogens (tertiary/aromatic N) is 3. The molecule has 1 aromatic rings. The zero-order valence-electron chi connectivity index (χ0n) is 11.4. The third kappa shape index (κ3) is 3.92. The summed E-state index contributed by atoms with van der Waals surface area (Å²) in [5, 5.41) is 3.19. The average molecular weight is 267 g/mol. The molecule has 2 rings (SSSR count). The minimum absolute atomic E-state index is 0.128. The molecule has 1 saturated heterocycles. The van der Waals surface area contributed by atoms with E-state index in [4.69, 9.17) is 15.2 Å². The second-order valence-electron chi connectivity index (χ2n) is 4.63. The van der Waals surface area contributed by atoms with Gasteiger partial charge in [0.15, 0.2) is 0 Å². The van der Waals surface area contributed by atoms with Crippen molar-refractivity contribution in [2.45, 2.75) is 45.3 Å². The van der Waals surface area contributed by atoms with Gasteiger partial charge in [-0.25, -0.2) is 0 Å². The van der Waals surface area contributed by atoms with Crippen LogP contribution in [0.2, 0.25) is 0 Å². The molecule has 7 nitrogen and oxygen atoms in total. The van der Waals surface area contributed by atoms with Crippen molar-refractivity contribution in [2.75, 3.05) is 24.3 Å². The number of aromatic nitrogens is 3. The summed E-state index contributed by atoms with van der Waals surface area (Å²) in [7, 11) is 0. The maximum absolute atomic E-state index is 5.65. The van der Waals surface area contributed by atoms with Gasteiger partial charge in [0, 0.05) is 6.61 Å². The van der Waals surface area contributed by atoms with Crippen molar-refractivity contribution in [2.24, 2.45) is 0 Å². The SMILES string of the molecule is CCCOc1nc(N)nc(NC(C)C2CCCO2)n1. The Morgan fingerprint density at radius 3 is 3.00 bits per heavy atom. The van der Waals surface area contributed by atoms with Crippen molar-refractivity contribution in [1.82, 2.24) is 15.0 Å². The summed E-state index contributed by atoms with van der Waals surface area (Å²) in [5.41, 5.74) is 5.65. The topological polar surface area (TPSA) is 95.2 Å². The number of anilines is 2. The van der Waals surface area contributed by atoms with Crippen LogP contribution >= 0.6 is 0 Å². The Bertz CT molecular complexity index is 409. The first-order valence-corrected chi connectivity index (χ1v) is 6.71. The van der Waals surface area contributed by atoms with Gasteiger partial charge in [-0.15, -0.1) is 0 Å². The molecule has 1 aliphatic heterocycles. The molecule has 0 aliphatic carbocycles. The molecule has 2 heterocycles. The average Bonchev–Trinajstić information content (AvgIpc) is 2.89. The maximum atomic E-state index is 5.65. The van der Waals surface area contributed by atoms with E-state index in [2.05, 4.69) is 20.3 Å². The molecular formula is C12H21N5O2. The molecule has 0 aromatic carbocycles. The zero-order chi connectivity index (χ0) is 13.7. The maximum Gasteiger partial charge on any atom is 0.323 e. The molecule has 0 bridgehead atoms. The highest BCUT2D eigenvalue weighted by Gasteiger charge is 2.23. The number of hydrogen-bond acceptors (Lipinski definition) is 7. The second kappa shape index (κ2) is 6.51. The minimum Gasteiger partial charge on any atom is -0.463 e. The third-order valence-electron chi connectivity index (χ3n) is 2.95. The number of rotatable bonds is 6.